The molecule has 0 heterocycles. The third-order valence-electron chi connectivity index (χ3n) is 4.32. The molecule has 0 radical (unpaired) electrons. The molecule has 1 aromatic rings. The van der Waals surface area contributed by atoms with Crippen LogP contribution < -0.4 is 0 Å². The Morgan fingerprint density at radius 2 is 1.75 bits per heavy atom. The van der Waals surface area contributed by atoms with Gasteiger partial charge in [-0.2, -0.15) is 0 Å². The number of fused-ring (bicyclic) bond motifs is 2. The van der Waals surface area contributed by atoms with Crippen LogP contribution in [-0.4, -0.2) is 11.6 Å². The van der Waals surface area contributed by atoms with E-state index in [2.05, 4.69) is 36.4 Å². The van der Waals surface area contributed by atoms with Crippen LogP contribution in [0, 0.1) is 17.8 Å². The van der Waals surface area contributed by atoms with E-state index in [-0.39, 0.29) is 17.8 Å². The fraction of sp³-hybridized carbons (Fsp3) is 0.500. The van der Waals surface area contributed by atoms with Crippen molar-refractivity contribution in [2.75, 3.05) is 0 Å². The van der Waals surface area contributed by atoms with Crippen LogP contribution in [0.25, 0.3) is 0 Å². The van der Waals surface area contributed by atoms with Crippen LogP contribution in [0.2, 0.25) is 0 Å². The van der Waals surface area contributed by atoms with Gasteiger partial charge < -0.3 is 4.74 Å². The van der Waals surface area contributed by atoms with Crippen LogP contribution in [0.15, 0.2) is 42.5 Å². The molecule has 0 aliphatic heterocycles. The number of ether oxygens (including phenoxy) is 1. The van der Waals surface area contributed by atoms with Crippen LogP contribution in [-0.2, 0) is 9.53 Å². The van der Waals surface area contributed by atoms with Crippen molar-refractivity contribution in [3.8, 4) is 0 Å². The average Bonchev–Trinajstić information content (AvgIpc) is 2.97. The Hall–Kier alpha value is -1.57. The average molecular weight is 270 g/mol. The summed E-state index contributed by atoms with van der Waals surface area (Å²) in [4.78, 5) is 12.6. The molecule has 0 saturated heterocycles. The van der Waals surface area contributed by atoms with Gasteiger partial charge in [-0.15, -0.1) is 0 Å². The minimum absolute atomic E-state index is 0.0216. The first-order valence-electron chi connectivity index (χ1n) is 7.42. The molecule has 2 nitrogen and oxygen atoms in total. The van der Waals surface area contributed by atoms with Gasteiger partial charge in [0, 0.05) is 5.92 Å². The van der Waals surface area contributed by atoms with Gasteiger partial charge in [0.05, 0.1) is 5.92 Å². The quantitative estimate of drug-likeness (QED) is 0.601. The molecule has 0 aromatic heterocycles. The van der Waals surface area contributed by atoms with Crippen molar-refractivity contribution in [2.24, 2.45) is 17.8 Å². The minimum Gasteiger partial charge on any atom is -0.460 e. The minimum atomic E-state index is -0.413. The third kappa shape index (κ3) is 2.39. The summed E-state index contributed by atoms with van der Waals surface area (Å²) in [6, 6.07) is 10.4. The van der Waals surface area contributed by atoms with Crippen molar-refractivity contribution < 1.29 is 9.53 Å². The lowest BCUT2D eigenvalue weighted by molar-refractivity contribution is -0.161. The van der Waals surface area contributed by atoms with Crippen LogP contribution in [0.1, 0.15) is 38.7 Å². The van der Waals surface area contributed by atoms with Crippen molar-refractivity contribution in [3.63, 3.8) is 0 Å². The van der Waals surface area contributed by atoms with Crippen molar-refractivity contribution in [3.05, 3.63) is 48.0 Å². The highest BCUT2D eigenvalue weighted by Gasteiger charge is 2.49. The normalized spacial score (nSPS) is 31.6. The molecule has 0 spiro atoms. The van der Waals surface area contributed by atoms with E-state index in [0.717, 1.165) is 6.42 Å². The molecular weight excluding hydrogens is 248 g/mol. The number of carbonyl (C=O) groups excluding carboxylic acids is 1. The van der Waals surface area contributed by atoms with E-state index in [1.807, 2.05) is 26.8 Å². The Balaban J connectivity index is 1.89. The predicted octanol–water partition coefficient (Wildman–Crippen LogP) is 3.93. The molecule has 0 N–H and O–H groups in total. The topological polar surface area (TPSA) is 26.3 Å². The molecule has 106 valence electrons. The first kappa shape index (κ1) is 13.4. The van der Waals surface area contributed by atoms with Gasteiger partial charge in [-0.25, -0.2) is 0 Å². The molecule has 2 heteroatoms. The van der Waals surface area contributed by atoms with Crippen LogP contribution in [0.5, 0.6) is 0 Å². The van der Waals surface area contributed by atoms with Gasteiger partial charge in [-0.1, -0.05) is 42.5 Å². The van der Waals surface area contributed by atoms with Gasteiger partial charge in [0.15, 0.2) is 0 Å². The Labute approximate surface area is 120 Å². The summed E-state index contributed by atoms with van der Waals surface area (Å²) in [7, 11) is 0. The van der Waals surface area contributed by atoms with E-state index in [1.165, 1.54) is 5.56 Å². The van der Waals surface area contributed by atoms with Crippen molar-refractivity contribution in [2.45, 2.75) is 38.7 Å². The summed E-state index contributed by atoms with van der Waals surface area (Å²) < 4.78 is 5.65. The van der Waals surface area contributed by atoms with Gasteiger partial charge in [0.25, 0.3) is 0 Å². The van der Waals surface area contributed by atoms with Gasteiger partial charge >= 0.3 is 5.97 Å². The highest BCUT2D eigenvalue weighted by molar-refractivity contribution is 5.76. The highest BCUT2D eigenvalue weighted by atomic mass is 16.6. The summed E-state index contributed by atoms with van der Waals surface area (Å²) in [6.07, 6.45) is 5.57. The number of benzene rings is 1. The molecule has 0 amide bonds. The van der Waals surface area contributed by atoms with Gasteiger partial charge in [0.2, 0.25) is 0 Å². The number of allylic oxidation sites excluding steroid dienone is 2. The van der Waals surface area contributed by atoms with E-state index < -0.39 is 5.60 Å². The number of hydrogen-bond acceptors (Lipinski definition) is 2. The first-order chi connectivity index (χ1) is 9.46. The van der Waals surface area contributed by atoms with Crippen molar-refractivity contribution >= 4 is 5.97 Å². The molecular formula is C18H22O2. The molecule has 2 aliphatic rings. The lowest BCUT2D eigenvalue weighted by Gasteiger charge is -2.30. The molecule has 2 bridgehead atoms. The Bertz CT molecular complexity index is 524. The van der Waals surface area contributed by atoms with E-state index in [9.17, 15) is 4.79 Å². The van der Waals surface area contributed by atoms with Crippen molar-refractivity contribution in [1.82, 2.24) is 0 Å². The summed E-state index contributed by atoms with van der Waals surface area (Å²) in [6.45, 7) is 5.81. The van der Waals surface area contributed by atoms with Gasteiger partial charge in [-0.05, 0) is 44.6 Å². The van der Waals surface area contributed by atoms with Crippen LogP contribution in [0.4, 0.5) is 0 Å². The standard InChI is InChI=1S/C18H22O2/c1-18(2,3)20-17(19)16-14-10-9-13(11-14)15(16)12-7-5-4-6-8-12/h4-10,13-16H,11H2,1-3H3. The lowest BCUT2D eigenvalue weighted by atomic mass is 9.78. The van der Waals surface area contributed by atoms with Crippen molar-refractivity contribution in [1.29, 1.82) is 0 Å². The van der Waals surface area contributed by atoms with E-state index in [4.69, 9.17) is 4.74 Å². The third-order valence-corrected chi connectivity index (χ3v) is 4.32. The van der Waals surface area contributed by atoms with E-state index in [1.54, 1.807) is 0 Å². The summed E-state index contributed by atoms with van der Waals surface area (Å²) in [5, 5.41) is 0. The van der Waals surface area contributed by atoms with E-state index in [0.29, 0.717) is 11.8 Å². The smallest absolute Gasteiger partial charge is 0.310 e. The lowest BCUT2D eigenvalue weighted by Crippen LogP contribution is -2.33. The molecule has 3 rings (SSSR count). The zero-order valence-electron chi connectivity index (χ0n) is 12.4. The second kappa shape index (κ2) is 4.76. The second-order valence-corrected chi connectivity index (χ2v) is 6.94. The molecule has 1 fully saturated rings. The number of carbonyl (C=O) groups is 1. The monoisotopic (exact) mass is 270 g/mol. The maximum atomic E-state index is 12.6. The number of hydrogen-bond donors (Lipinski definition) is 0. The maximum Gasteiger partial charge on any atom is 0.310 e. The molecule has 4 atom stereocenters. The SMILES string of the molecule is CC(C)(C)OC(=O)C1C2C=CC(C2)C1c1ccccc1. The molecule has 1 saturated carbocycles. The number of esters is 1. The Morgan fingerprint density at radius 1 is 1.10 bits per heavy atom. The number of rotatable bonds is 2. The predicted molar refractivity (Wildman–Crippen MR) is 79.3 cm³/mol. The molecule has 2 aliphatic carbocycles. The zero-order valence-corrected chi connectivity index (χ0v) is 12.4. The molecule has 4 unspecified atom stereocenters. The van der Waals surface area contributed by atoms with Crippen LogP contribution >= 0.6 is 0 Å². The molecule has 20 heavy (non-hydrogen) atoms. The fourth-order valence-corrected chi connectivity index (χ4v) is 3.64. The first-order valence-corrected chi connectivity index (χ1v) is 7.42. The summed E-state index contributed by atoms with van der Waals surface area (Å²) in [5.41, 5.74) is 0.851. The van der Waals surface area contributed by atoms with Gasteiger partial charge in [0.1, 0.15) is 5.60 Å². The van der Waals surface area contributed by atoms with Crippen LogP contribution in [0.3, 0.4) is 0 Å². The zero-order chi connectivity index (χ0) is 14.3. The maximum absolute atomic E-state index is 12.6. The second-order valence-electron chi connectivity index (χ2n) is 6.94. The highest BCUT2D eigenvalue weighted by Crippen LogP contribution is 2.53. The summed E-state index contributed by atoms with van der Waals surface area (Å²) in [5.74, 6) is 1.05. The fourth-order valence-electron chi connectivity index (χ4n) is 3.64. The summed E-state index contributed by atoms with van der Waals surface area (Å²) >= 11 is 0. The Kier molecular flexibility index (Phi) is 3.19. The Morgan fingerprint density at radius 3 is 2.40 bits per heavy atom. The van der Waals surface area contributed by atoms with E-state index >= 15 is 0 Å². The molecule has 1 aromatic carbocycles. The largest absolute Gasteiger partial charge is 0.460 e. The van der Waals surface area contributed by atoms with Gasteiger partial charge in [-0.3, -0.25) is 4.79 Å².